The summed E-state index contributed by atoms with van der Waals surface area (Å²) in [6.07, 6.45) is 6.86. The highest BCUT2D eigenvalue weighted by Gasteiger charge is 2.38. The molecule has 0 N–H and O–H groups in total. The van der Waals surface area contributed by atoms with E-state index < -0.39 is 15.6 Å². The average Bonchev–Trinajstić information content (AvgIpc) is 3.32. The highest BCUT2D eigenvalue weighted by Crippen LogP contribution is 2.38. The van der Waals surface area contributed by atoms with Crippen molar-refractivity contribution in [1.29, 1.82) is 0 Å². The van der Waals surface area contributed by atoms with Gasteiger partial charge in [-0.25, -0.2) is 8.42 Å². The minimum atomic E-state index is -3.54. The fourth-order valence-electron chi connectivity index (χ4n) is 4.66. The predicted molar refractivity (Wildman–Crippen MR) is 135 cm³/mol. The first kappa shape index (κ1) is 23.7. The van der Waals surface area contributed by atoms with E-state index >= 15 is 0 Å². The topological polar surface area (TPSA) is 74.7 Å². The molecule has 1 aliphatic heterocycles. The summed E-state index contributed by atoms with van der Waals surface area (Å²) in [7, 11) is -3.54. The number of hydrogen-bond acceptors (Lipinski definition) is 6. The van der Waals surface area contributed by atoms with Gasteiger partial charge in [0.15, 0.2) is 15.6 Å². The number of pyridine rings is 1. The van der Waals surface area contributed by atoms with Crippen LogP contribution in [0, 0.1) is 6.92 Å². The Morgan fingerprint density at radius 1 is 1.03 bits per heavy atom. The Bertz CT molecular complexity index is 1360. The van der Waals surface area contributed by atoms with Gasteiger partial charge in [-0.05, 0) is 56.2 Å². The van der Waals surface area contributed by atoms with Gasteiger partial charge in [0.2, 0.25) is 0 Å². The maximum Gasteiger partial charge on any atom is 0.199 e. The summed E-state index contributed by atoms with van der Waals surface area (Å²) >= 11 is 0. The molecule has 35 heavy (non-hydrogen) atoms. The highest BCUT2D eigenvalue weighted by atomic mass is 32.2. The van der Waals surface area contributed by atoms with Crippen LogP contribution in [0.25, 0.3) is 10.9 Å². The molecular formula is C28H29NO5S. The fourth-order valence-corrected chi connectivity index (χ4v) is 5.62. The van der Waals surface area contributed by atoms with Crippen molar-refractivity contribution >= 4 is 20.7 Å². The van der Waals surface area contributed by atoms with Gasteiger partial charge in [-0.3, -0.25) is 4.98 Å². The maximum absolute atomic E-state index is 12.7. The number of allylic oxidation sites excluding steroid dienone is 3. The van der Waals surface area contributed by atoms with Crippen molar-refractivity contribution in [2.45, 2.75) is 49.9 Å². The van der Waals surface area contributed by atoms with Crippen LogP contribution in [0.4, 0.5) is 0 Å². The lowest BCUT2D eigenvalue weighted by Crippen LogP contribution is -2.33. The van der Waals surface area contributed by atoms with Gasteiger partial charge < -0.3 is 14.2 Å². The van der Waals surface area contributed by atoms with Gasteiger partial charge in [0.1, 0.15) is 12.4 Å². The van der Waals surface area contributed by atoms with Crippen LogP contribution in [-0.4, -0.2) is 32.4 Å². The molecule has 1 aliphatic carbocycles. The molecule has 6 nitrogen and oxygen atoms in total. The number of para-hydroxylation sites is 1. The Labute approximate surface area is 206 Å². The van der Waals surface area contributed by atoms with Crippen LogP contribution in [0.3, 0.4) is 0 Å². The Hall–Kier alpha value is -3.00. The summed E-state index contributed by atoms with van der Waals surface area (Å²) in [4.78, 5) is 4.79. The van der Waals surface area contributed by atoms with Gasteiger partial charge in [0.25, 0.3) is 0 Å². The predicted octanol–water partition coefficient (Wildman–Crippen LogP) is 5.65. The molecule has 2 aromatic carbocycles. The van der Waals surface area contributed by atoms with Crippen LogP contribution < -0.4 is 4.74 Å². The number of aryl methyl sites for hydroxylation is 1. The molecule has 0 amide bonds. The SMILES string of the molecule is Cc1cc(COc2ccc(S(=O)(=O)/C=C\C=C3CCC4(CC3)OCCO4)cc2)c2ccccc2n1. The Kier molecular flexibility index (Phi) is 6.73. The Morgan fingerprint density at radius 2 is 1.74 bits per heavy atom. The van der Waals surface area contributed by atoms with Crippen molar-refractivity contribution < 1.29 is 22.6 Å². The summed E-state index contributed by atoms with van der Waals surface area (Å²) in [6, 6.07) is 16.5. The van der Waals surface area contributed by atoms with E-state index in [-0.39, 0.29) is 4.90 Å². The van der Waals surface area contributed by atoms with Crippen LogP contribution in [0.5, 0.6) is 5.75 Å². The van der Waals surface area contributed by atoms with Crippen LogP contribution in [0.2, 0.25) is 0 Å². The van der Waals surface area contributed by atoms with E-state index in [4.69, 9.17) is 14.2 Å². The van der Waals surface area contributed by atoms with E-state index in [9.17, 15) is 8.42 Å². The zero-order chi connectivity index (χ0) is 24.3. The summed E-state index contributed by atoms with van der Waals surface area (Å²) in [6.45, 7) is 3.64. The zero-order valence-electron chi connectivity index (χ0n) is 19.8. The number of ether oxygens (including phenoxy) is 3. The van der Waals surface area contributed by atoms with E-state index in [2.05, 4.69) is 4.98 Å². The van der Waals surface area contributed by atoms with Gasteiger partial charge in [0, 0.05) is 34.9 Å². The minimum Gasteiger partial charge on any atom is -0.489 e. The monoisotopic (exact) mass is 491 g/mol. The molecule has 0 radical (unpaired) electrons. The lowest BCUT2D eigenvalue weighted by atomic mass is 9.89. The third kappa shape index (κ3) is 5.48. The molecule has 7 heteroatoms. The molecule has 1 aromatic heterocycles. The molecule has 182 valence electrons. The third-order valence-corrected chi connectivity index (χ3v) is 7.98. The van der Waals surface area contributed by atoms with E-state index in [0.717, 1.165) is 47.8 Å². The van der Waals surface area contributed by atoms with Crippen molar-refractivity contribution in [3.05, 3.63) is 89.0 Å². The summed E-state index contributed by atoms with van der Waals surface area (Å²) in [5.41, 5.74) is 4.12. The molecular weight excluding hydrogens is 462 g/mol. The maximum atomic E-state index is 12.7. The molecule has 2 aliphatic rings. The molecule has 3 aromatic rings. The number of sulfone groups is 1. The quantitative estimate of drug-likeness (QED) is 0.443. The van der Waals surface area contributed by atoms with Gasteiger partial charge in [-0.15, -0.1) is 0 Å². The Balaban J connectivity index is 1.21. The number of rotatable bonds is 6. The zero-order valence-corrected chi connectivity index (χ0v) is 20.6. The second-order valence-electron chi connectivity index (χ2n) is 9.01. The van der Waals surface area contributed by atoms with E-state index in [1.807, 2.05) is 43.3 Å². The number of hydrogen-bond donors (Lipinski definition) is 0. The van der Waals surface area contributed by atoms with Crippen molar-refractivity contribution in [2.24, 2.45) is 0 Å². The molecule has 0 unspecified atom stereocenters. The molecule has 1 saturated heterocycles. The fraction of sp³-hybridized carbons (Fsp3) is 0.321. The van der Waals surface area contributed by atoms with E-state index in [1.54, 1.807) is 30.3 Å². The van der Waals surface area contributed by atoms with Gasteiger partial charge in [-0.1, -0.05) is 35.9 Å². The lowest BCUT2D eigenvalue weighted by Gasteiger charge is -2.32. The van der Waals surface area contributed by atoms with Crippen molar-refractivity contribution in [2.75, 3.05) is 13.2 Å². The third-order valence-electron chi connectivity index (χ3n) is 6.53. The largest absolute Gasteiger partial charge is 0.489 e. The molecule has 0 atom stereocenters. The standard InChI is InChI=1S/C28H29NO5S/c1-21-19-23(26-6-2-3-7-27(26)29-21)20-32-24-8-10-25(11-9-24)35(30,31)18-4-5-22-12-14-28(15-13-22)33-16-17-34-28/h2-11,18-19H,12-17,20H2,1H3/b18-4-. The van der Waals surface area contributed by atoms with Gasteiger partial charge in [0.05, 0.1) is 23.6 Å². The van der Waals surface area contributed by atoms with E-state index in [0.29, 0.717) is 25.6 Å². The van der Waals surface area contributed by atoms with Crippen molar-refractivity contribution in [1.82, 2.24) is 4.98 Å². The molecule has 1 spiro atoms. The molecule has 2 heterocycles. The minimum absolute atomic E-state index is 0.236. The van der Waals surface area contributed by atoms with Gasteiger partial charge in [-0.2, -0.15) is 0 Å². The summed E-state index contributed by atoms with van der Waals surface area (Å²) in [5.74, 6) is 0.196. The first-order chi connectivity index (χ1) is 16.9. The summed E-state index contributed by atoms with van der Waals surface area (Å²) < 4.78 is 42.9. The van der Waals surface area contributed by atoms with Gasteiger partial charge >= 0.3 is 0 Å². The number of benzene rings is 2. The first-order valence-electron chi connectivity index (χ1n) is 11.9. The lowest BCUT2D eigenvalue weighted by molar-refractivity contribution is -0.171. The molecule has 2 fully saturated rings. The van der Waals surface area contributed by atoms with Crippen molar-refractivity contribution in [3.8, 4) is 5.75 Å². The Morgan fingerprint density at radius 3 is 2.49 bits per heavy atom. The smallest absolute Gasteiger partial charge is 0.199 e. The second kappa shape index (κ2) is 9.93. The molecule has 1 saturated carbocycles. The molecule has 5 rings (SSSR count). The van der Waals surface area contributed by atoms with Crippen LogP contribution in [0.15, 0.2) is 82.6 Å². The number of nitrogens with zero attached hydrogens (tertiary/aromatic N) is 1. The van der Waals surface area contributed by atoms with Crippen LogP contribution >= 0.6 is 0 Å². The van der Waals surface area contributed by atoms with Crippen LogP contribution in [0.1, 0.15) is 36.9 Å². The highest BCUT2D eigenvalue weighted by molar-refractivity contribution is 7.94. The average molecular weight is 492 g/mol. The number of aromatic nitrogens is 1. The molecule has 0 bridgehead atoms. The summed E-state index contributed by atoms with van der Waals surface area (Å²) in [5, 5.41) is 2.31. The van der Waals surface area contributed by atoms with Crippen LogP contribution in [-0.2, 0) is 25.9 Å². The second-order valence-corrected chi connectivity index (χ2v) is 10.8. The normalized spacial score (nSPS) is 17.9. The van der Waals surface area contributed by atoms with Crippen molar-refractivity contribution in [3.63, 3.8) is 0 Å². The first-order valence-corrected chi connectivity index (χ1v) is 13.4. The number of fused-ring (bicyclic) bond motifs is 1. The van der Waals surface area contributed by atoms with E-state index in [1.165, 1.54) is 11.0 Å².